The van der Waals surface area contributed by atoms with Crippen molar-refractivity contribution in [2.24, 2.45) is 0 Å². The fourth-order valence-corrected chi connectivity index (χ4v) is 1.31. The minimum absolute atomic E-state index is 0.266. The number of benzene rings is 1. The van der Waals surface area contributed by atoms with Gasteiger partial charge in [-0.15, -0.1) is 0 Å². The highest BCUT2D eigenvalue weighted by atomic mass is 19.1. The summed E-state index contributed by atoms with van der Waals surface area (Å²) < 4.78 is 30.8. The Labute approximate surface area is 96.3 Å². The van der Waals surface area contributed by atoms with Gasteiger partial charge in [0.05, 0.1) is 12.8 Å². The van der Waals surface area contributed by atoms with Crippen molar-refractivity contribution >= 4 is 11.5 Å². The lowest BCUT2D eigenvalue weighted by Gasteiger charge is -2.10. The van der Waals surface area contributed by atoms with Gasteiger partial charge in [-0.25, -0.2) is 14.4 Å². The van der Waals surface area contributed by atoms with Crippen molar-refractivity contribution in [3.8, 4) is 5.75 Å². The van der Waals surface area contributed by atoms with E-state index < -0.39 is 11.8 Å². The first-order chi connectivity index (χ1) is 8.19. The van der Waals surface area contributed by atoms with Gasteiger partial charge >= 0.3 is 0 Å². The maximum Gasteiger partial charge on any atom is 0.218 e. The topological polar surface area (TPSA) is 47.0 Å². The van der Waals surface area contributed by atoms with E-state index in [-0.39, 0.29) is 5.82 Å². The van der Waals surface area contributed by atoms with Gasteiger partial charge in [0.25, 0.3) is 0 Å². The molecule has 0 spiro atoms. The summed E-state index contributed by atoms with van der Waals surface area (Å²) in [6.45, 7) is 0. The van der Waals surface area contributed by atoms with Gasteiger partial charge in [-0.05, 0) is 12.1 Å². The summed E-state index contributed by atoms with van der Waals surface area (Å²) >= 11 is 0. The van der Waals surface area contributed by atoms with Crippen LogP contribution in [0.4, 0.5) is 20.3 Å². The van der Waals surface area contributed by atoms with E-state index in [9.17, 15) is 8.78 Å². The van der Waals surface area contributed by atoms with E-state index in [4.69, 9.17) is 4.74 Å². The summed E-state index contributed by atoms with van der Waals surface area (Å²) in [5.41, 5.74) is 0.493. The molecule has 1 heterocycles. The zero-order chi connectivity index (χ0) is 12.3. The fourth-order valence-electron chi connectivity index (χ4n) is 1.31. The van der Waals surface area contributed by atoms with Crippen LogP contribution in [0.3, 0.4) is 0 Å². The van der Waals surface area contributed by atoms with E-state index in [0.717, 1.165) is 12.4 Å². The summed E-state index contributed by atoms with van der Waals surface area (Å²) in [4.78, 5) is 7.15. The van der Waals surface area contributed by atoms with Crippen LogP contribution >= 0.6 is 0 Å². The summed E-state index contributed by atoms with van der Waals surface area (Å²) in [5, 5.41) is 2.81. The van der Waals surface area contributed by atoms with Gasteiger partial charge in [-0.3, -0.25) is 0 Å². The van der Waals surface area contributed by atoms with E-state index >= 15 is 0 Å². The molecule has 17 heavy (non-hydrogen) atoms. The van der Waals surface area contributed by atoms with E-state index in [1.807, 2.05) is 0 Å². The van der Waals surface area contributed by atoms with E-state index in [1.165, 1.54) is 25.3 Å². The molecular formula is C11H9F2N3O. The van der Waals surface area contributed by atoms with Crippen molar-refractivity contribution in [1.29, 1.82) is 0 Å². The van der Waals surface area contributed by atoms with E-state index in [0.29, 0.717) is 11.4 Å². The van der Waals surface area contributed by atoms with Crippen LogP contribution in [0.15, 0.2) is 30.6 Å². The largest absolute Gasteiger partial charge is 0.494 e. The molecule has 1 aromatic heterocycles. The summed E-state index contributed by atoms with van der Waals surface area (Å²) in [6, 6.07) is 5.10. The lowest BCUT2D eigenvalue weighted by molar-refractivity contribution is 0.413. The minimum Gasteiger partial charge on any atom is -0.494 e. The summed E-state index contributed by atoms with van der Waals surface area (Å²) in [7, 11) is 1.42. The molecule has 2 aromatic rings. The van der Waals surface area contributed by atoms with Crippen molar-refractivity contribution in [2.75, 3.05) is 12.4 Å². The Hall–Kier alpha value is -2.24. The van der Waals surface area contributed by atoms with Crippen molar-refractivity contribution in [2.45, 2.75) is 0 Å². The molecule has 2 rings (SSSR count). The molecule has 0 bridgehead atoms. The number of methoxy groups -OCH3 is 1. The van der Waals surface area contributed by atoms with Crippen LogP contribution in [0.25, 0.3) is 0 Å². The third-order valence-corrected chi connectivity index (χ3v) is 2.06. The standard InChI is InChI=1S/C11H9F2N3O/c1-17-9-4-7(12)2-3-8(9)16-11-5-10(13)14-6-15-11/h2-6H,1H3,(H,14,15,16). The van der Waals surface area contributed by atoms with Crippen LogP contribution in [0, 0.1) is 11.8 Å². The Morgan fingerprint density at radius 3 is 2.71 bits per heavy atom. The predicted molar refractivity (Wildman–Crippen MR) is 58.2 cm³/mol. The molecule has 0 amide bonds. The molecule has 0 atom stereocenters. The van der Waals surface area contributed by atoms with Crippen LogP contribution in [-0.4, -0.2) is 17.1 Å². The number of hydrogen-bond acceptors (Lipinski definition) is 4. The molecule has 88 valence electrons. The van der Waals surface area contributed by atoms with Crippen molar-refractivity contribution in [3.05, 3.63) is 42.4 Å². The Morgan fingerprint density at radius 1 is 1.18 bits per heavy atom. The zero-order valence-corrected chi connectivity index (χ0v) is 8.95. The zero-order valence-electron chi connectivity index (χ0n) is 8.95. The number of halogens is 2. The fraction of sp³-hybridized carbons (Fsp3) is 0.0909. The molecule has 0 radical (unpaired) electrons. The highest BCUT2D eigenvalue weighted by Gasteiger charge is 2.06. The van der Waals surface area contributed by atoms with Gasteiger partial charge in [0.2, 0.25) is 5.95 Å². The van der Waals surface area contributed by atoms with Gasteiger partial charge in [-0.2, -0.15) is 4.39 Å². The summed E-state index contributed by atoms with van der Waals surface area (Å²) in [5.74, 6) is -0.490. The third-order valence-electron chi connectivity index (χ3n) is 2.06. The normalized spacial score (nSPS) is 10.1. The van der Waals surface area contributed by atoms with E-state index in [1.54, 1.807) is 0 Å². The highest BCUT2D eigenvalue weighted by molar-refractivity contribution is 5.63. The van der Waals surface area contributed by atoms with Crippen LogP contribution < -0.4 is 10.1 Å². The first-order valence-corrected chi connectivity index (χ1v) is 4.77. The van der Waals surface area contributed by atoms with Gasteiger partial charge in [0, 0.05) is 12.1 Å². The number of rotatable bonds is 3. The molecular weight excluding hydrogens is 228 g/mol. The molecule has 4 nitrogen and oxygen atoms in total. The first-order valence-electron chi connectivity index (χ1n) is 4.77. The number of nitrogens with one attached hydrogen (secondary N) is 1. The van der Waals surface area contributed by atoms with Crippen molar-refractivity contribution in [3.63, 3.8) is 0 Å². The summed E-state index contributed by atoms with van der Waals surface area (Å²) in [6.07, 6.45) is 1.09. The quantitative estimate of drug-likeness (QED) is 0.833. The lowest BCUT2D eigenvalue weighted by atomic mass is 10.3. The van der Waals surface area contributed by atoms with Crippen molar-refractivity contribution in [1.82, 2.24) is 9.97 Å². The number of aromatic nitrogens is 2. The molecule has 0 aliphatic rings. The molecule has 0 saturated heterocycles. The minimum atomic E-state index is -0.649. The Bertz CT molecular complexity index is 534. The maximum atomic E-state index is 12.9. The van der Waals surface area contributed by atoms with E-state index in [2.05, 4.69) is 15.3 Å². The maximum absolute atomic E-state index is 12.9. The number of anilines is 2. The molecule has 0 aliphatic carbocycles. The molecule has 0 unspecified atom stereocenters. The van der Waals surface area contributed by atoms with Crippen LogP contribution in [0.2, 0.25) is 0 Å². The number of hydrogen-bond donors (Lipinski definition) is 1. The second-order valence-corrected chi connectivity index (χ2v) is 3.20. The molecule has 0 aliphatic heterocycles. The average Bonchev–Trinajstić information content (AvgIpc) is 2.31. The molecule has 6 heteroatoms. The van der Waals surface area contributed by atoms with Crippen molar-refractivity contribution < 1.29 is 13.5 Å². The SMILES string of the molecule is COc1cc(F)ccc1Nc1cc(F)ncn1. The highest BCUT2D eigenvalue weighted by Crippen LogP contribution is 2.27. The Morgan fingerprint density at radius 2 is 2.00 bits per heavy atom. The van der Waals surface area contributed by atoms with Gasteiger partial charge < -0.3 is 10.1 Å². The second kappa shape index (κ2) is 4.73. The molecule has 0 fully saturated rings. The second-order valence-electron chi connectivity index (χ2n) is 3.20. The van der Waals surface area contributed by atoms with Crippen LogP contribution in [0.1, 0.15) is 0 Å². The lowest BCUT2D eigenvalue weighted by Crippen LogP contribution is -1.98. The molecule has 1 aromatic carbocycles. The smallest absolute Gasteiger partial charge is 0.218 e. The predicted octanol–water partition coefficient (Wildman–Crippen LogP) is 2.51. The molecule has 0 saturated carbocycles. The monoisotopic (exact) mass is 237 g/mol. The van der Waals surface area contributed by atoms with Gasteiger partial charge in [0.1, 0.15) is 23.7 Å². The Kier molecular flexibility index (Phi) is 3.13. The first kappa shape index (κ1) is 11.3. The van der Waals surface area contributed by atoms with Gasteiger partial charge in [0.15, 0.2) is 0 Å². The number of ether oxygens (including phenoxy) is 1. The van der Waals surface area contributed by atoms with Gasteiger partial charge in [-0.1, -0.05) is 0 Å². The third kappa shape index (κ3) is 2.66. The van der Waals surface area contributed by atoms with Crippen LogP contribution in [-0.2, 0) is 0 Å². The van der Waals surface area contributed by atoms with Crippen LogP contribution in [0.5, 0.6) is 5.75 Å². The Balaban J connectivity index is 2.29. The molecule has 1 N–H and O–H groups in total. The average molecular weight is 237 g/mol. The number of nitrogens with zero attached hydrogens (tertiary/aromatic N) is 2.